The van der Waals surface area contributed by atoms with Crippen LogP contribution < -0.4 is 4.90 Å². The molecule has 0 aliphatic carbocycles. The van der Waals surface area contributed by atoms with Gasteiger partial charge in [-0.3, -0.25) is 4.79 Å². The lowest BCUT2D eigenvalue weighted by Crippen LogP contribution is -2.51. The molecule has 2 fully saturated rings. The van der Waals surface area contributed by atoms with E-state index >= 15 is 0 Å². The SMILES string of the molecule is O=C([C@@H]1CCCO1)N1CCN(c2ncnc3c2nnn3-c2ccc(Cl)cc2)CC1. The van der Waals surface area contributed by atoms with E-state index in [9.17, 15) is 4.79 Å². The van der Waals surface area contributed by atoms with Crippen LogP contribution in [0.5, 0.6) is 0 Å². The van der Waals surface area contributed by atoms with Gasteiger partial charge in [0.1, 0.15) is 12.4 Å². The highest BCUT2D eigenvalue weighted by atomic mass is 35.5. The highest BCUT2D eigenvalue weighted by Crippen LogP contribution is 2.24. The Bertz CT molecular complexity index is 1020. The zero-order valence-electron chi connectivity index (χ0n) is 15.7. The predicted octanol–water partition coefficient (Wildman–Crippen LogP) is 1.69. The summed E-state index contributed by atoms with van der Waals surface area (Å²) < 4.78 is 7.21. The van der Waals surface area contributed by atoms with Crippen molar-refractivity contribution in [1.29, 1.82) is 0 Å². The molecule has 4 heterocycles. The fraction of sp³-hybridized carbons (Fsp3) is 0.421. The Morgan fingerprint density at radius 2 is 1.90 bits per heavy atom. The number of piperazine rings is 1. The summed E-state index contributed by atoms with van der Waals surface area (Å²) in [6, 6.07) is 7.34. The lowest BCUT2D eigenvalue weighted by molar-refractivity contribution is -0.141. The first kappa shape index (κ1) is 18.3. The van der Waals surface area contributed by atoms with Crippen LogP contribution >= 0.6 is 11.6 Å². The Balaban J connectivity index is 1.36. The number of ether oxygens (including phenoxy) is 1. The molecule has 0 saturated carbocycles. The van der Waals surface area contributed by atoms with Crippen molar-refractivity contribution in [2.45, 2.75) is 18.9 Å². The zero-order chi connectivity index (χ0) is 19.8. The van der Waals surface area contributed by atoms with Crippen LogP contribution in [0.3, 0.4) is 0 Å². The van der Waals surface area contributed by atoms with Gasteiger partial charge in [-0.15, -0.1) is 5.10 Å². The molecular formula is C19H20ClN7O2. The van der Waals surface area contributed by atoms with E-state index in [0.717, 1.165) is 24.3 Å². The Hall–Kier alpha value is -2.78. The van der Waals surface area contributed by atoms with Crippen molar-refractivity contribution in [3.63, 3.8) is 0 Å². The minimum Gasteiger partial charge on any atom is -0.368 e. The van der Waals surface area contributed by atoms with Gasteiger partial charge < -0.3 is 14.5 Å². The van der Waals surface area contributed by atoms with Gasteiger partial charge in [0.2, 0.25) is 0 Å². The highest BCUT2D eigenvalue weighted by molar-refractivity contribution is 6.30. The van der Waals surface area contributed by atoms with E-state index in [1.165, 1.54) is 6.33 Å². The Labute approximate surface area is 172 Å². The molecule has 29 heavy (non-hydrogen) atoms. The van der Waals surface area contributed by atoms with Crippen molar-refractivity contribution in [2.75, 3.05) is 37.7 Å². The molecule has 1 amide bonds. The number of anilines is 1. The molecule has 1 aromatic carbocycles. The van der Waals surface area contributed by atoms with Crippen molar-refractivity contribution in [1.82, 2.24) is 29.9 Å². The van der Waals surface area contributed by atoms with Crippen molar-refractivity contribution in [2.24, 2.45) is 0 Å². The van der Waals surface area contributed by atoms with E-state index in [1.807, 2.05) is 17.0 Å². The molecule has 2 saturated heterocycles. The largest absolute Gasteiger partial charge is 0.368 e. The standard InChI is InChI=1S/C19H20ClN7O2/c20-13-3-5-14(6-4-13)27-18-16(23-24-27)17(21-12-22-18)25-7-9-26(10-8-25)19(28)15-2-1-11-29-15/h3-6,12,15H,1-2,7-11H2/t15-/m0/s1. The van der Waals surface area contributed by atoms with Crippen LogP contribution in [0.15, 0.2) is 30.6 Å². The monoisotopic (exact) mass is 413 g/mol. The van der Waals surface area contributed by atoms with Gasteiger partial charge in [0.05, 0.1) is 5.69 Å². The summed E-state index contributed by atoms with van der Waals surface area (Å²) in [6.07, 6.45) is 3.03. The number of rotatable bonds is 3. The van der Waals surface area contributed by atoms with Crippen molar-refractivity contribution >= 4 is 34.5 Å². The number of hydrogen-bond acceptors (Lipinski definition) is 7. The molecular weight excluding hydrogens is 394 g/mol. The quantitative estimate of drug-likeness (QED) is 0.645. The van der Waals surface area contributed by atoms with E-state index in [0.29, 0.717) is 49.0 Å². The number of hydrogen-bond donors (Lipinski definition) is 0. The van der Waals surface area contributed by atoms with E-state index < -0.39 is 0 Å². The van der Waals surface area contributed by atoms with Crippen LogP contribution in [-0.2, 0) is 9.53 Å². The van der Waals surface area contributed by atoms with Gasteiger partial charge >= 0.3 is 0 Å². The van der Waals surface area contributed by atoms with Gasteiger partial charge in [0, 0.05) is 37.8 Å². The lowest BCUT2D eigenvalue weighted by atomic mass is 10.2. The lowest BCUT2D eigenvalue weighted by Gasteiger charge is -2.36. The van der Waals surface area contributed by atoms with E-state index in [-0.39, 0.29) is 12.0 Å². The second-order valence-corrected chi connectivity index (χ2v) is 7.60. The maximum Gasteiger partial charge on any atom is 0.251 e. The van der Waals surface area contributed by atoms with Gasteiger partial charge in [-0.1, -0.05) is 16.8 Å². The van der Waals surface area contributed by atoms with Crippen LogP contribution in [0.25, 0.3) is 16.9 Å². The number of amides is 1. The fourth-order valence-corrected chi connectivity index (χ4v) is 3.97. The number of benzene rings is 1. The maximum absolute atomic E-state index is 12.6. The molecule has 5 rings (SSSR count). The molecule has 2 aromatic heterocycles. The van der Waals surface area contributed by atoms with Gasteiger partial charge in [0.25, 0.3) is 5.91 Å². The summed E-state index contributed by atoms with van der Waals surface area (Å²) in [7, 11) is 0. The molecule has 2 aliphatic rings. The van der Waals surface area contributed by atoms with Crippen LogP contribution in [0.2, 0.25) is 5.02 Å². The molecule has 9 nitrogen and oxygen atoms in total. The third-order valence-electron chi connectivity index (χ3n) is 5.39. The first-order valence-corrected chi connectivity index (χ1v) is 10.1. The molecule has 2 aliphatic heterocycles. The Morgan fingerprint density at radius 3 is 2.62 bits per heavy atom. The molecule has 0 unspecified atom stereocenters. The van der Waals surface area contributed by atoms with Crippen LogP contribution in [0, 0.1) is 0 Å². The number of nitrogens with zero attached hydrogens (tertiary/aromatic N) is 7. The first-order valence-electron chi connectivity index (χ1n) is 9.68. The summed E-state index contributed by atoms with van der Waals surface area (Å²) in [4.78, 5) is 25.4. The van der Waals surface area contributed by atoms with Gasteiger partial charge in [-0.2, -0.15) is 4.68 Å². The minimum atomic E-state index is -0.272. The van der Waals surface area contributed by atoms with Gasteiger partial charge in [-0.25, -0.2) is 9.97 Å². The third kappa shape index (κ3) is 3.40. The number of aromatic nitrogens is 5. The molecule has 0 spiro atoms. The molecule has 3 aromatic rings. The minimum absolute atomic E-state index is 0.101. The van der Waals surface area contributed by atoms with Gasteiger partial charge in [-0.05, 0) is 37.1 Å². The molecule has 150 valence electrons. The summed E-state index contributed by atoms with van der Waals surface area (Å²) in [5, 5.41) is 9.24. The number of carbonyl (C=O) groups is 1. The number of fused-ring (bicyclic) bond motifs is 1. The fourth-order valence-electron chi connectivity index (χ4n) is 3.84. The molecule has 1 atom stereocenters. The van der Waals surface area contributed by atoms with Crippen LogP contribution in [0.1, 0.15) is 12.8 Å². The Morgan fingerprint density at radius 1 is 1.10 bits per heavy atom. The van der Waals surface area contributed by atoms with Crippen LogP contribution in [0.4, 0.5) is 5.82 Å². The highest BCUT2D eigenvalue weighted by Gasteiger charge is 2.31. The summed E-state index contributed by atoms with van der Waals surface area (Å²) in [5.41, 5.74) is 2.10. The number of halogens is 1. The second kappa shape index (κ2) is 7.57. The van der Waals surface area contributed by atoms with E-state index in [4.69, 9.17) is 16.3 Å². The normalized spacial score (nSPS) is 19.8. The first-order chi connectivity index (χ1) is 14.2. The van der Waals surface area contributed by atoms with Crippen molar-refractivity contribution < 1.29 is 9.53 Å². The molecule has 0 radical (unpaired) electrons. The maximum atomic E-state index is 12.6. The van der Waals surface area contributed by atoms with Crippen LogP contribution in [-0.4, -0.2) is 74.7 Å². The predicted molar refractivity (Wildman–Crippen MR) is 107 cm³/mol. The summed E-state index contributed by atoms with van der Waals surface area (Å²) >= 11 is 5.98. The summed E-state index contributed by atoms with van der Waals surface area (Å²) in [6.45, 7) is 3.31. The molecule has 0 bridgehead atoms. The second-order valence-electron chi connectivity index (χ2n) is 7.16. The zero-order valence-corrected chi connectivity index (χ0v) is 16.5. The van der Waals surface area contributed by atoms with Gasteiger partial charge in [0.15, 0.2) is 17.0 Å². The summed E-state index contributed by atoms with van der Waals surface area (Å²) in [5.74, 6) is 0.836. The third-order valence-corrected chi connectivity index (χ3v) is 5.64. The average Bonchev–Trinajstić information content (AvgIpc) is 3.44. The topological polar surface area (TPSA) is 89.3 Å². The Kier molecular flexibility index (Phi) is 4.76. The number of carbonyl (C=O) groups excluding carboxylic acids is 1. The smallest absolute Gasteiger partial charge is 0.251 e. The van der Waals surface area contributed by atoms with Crippen molar-refractivity contribution in [3.05, 3.63) is 35.6 Å². The van der Waals surface area contributed by atoms with E-state index in [2.05, 4.69) is 25.2 Å². The average molecular weight is 414 g/mol. The molecule has 0 N–H and O–H groups in total. The van der Waals surface area contributed by atoms with Crippen molar-refractivity contribution in [3.8, 4) is 5.69 Å². The molecule has 10 heteroatoms. The van der Waals surface area contributed by atoms with E-state index in [1.54, 1.807) is 16.8 Å².